The lowest BCUT2D eigenvalue weighted by atomic mass is 9.82. The molecule has 90 valence electrons. The normalized spacial score (nSPS) is 13.1. The largest absolute Gasteiger partial charge is 0.330 e. The SMILES string of the molecule is CCC(CC)C(CN)c1ccc(F)cc1F. The number of hydrogen-bond donors (Lipinski definition) is 1. The van der Waals surface area contributed by atoms with E-state index >= 15 is 0 Å². The third-order valence-corrected chi connectivity index (χ3v) is 3.23. The maximum atomic E-state index is 13.6. The van der Waals surface area contributed by atoms with Crippen molar-refractivity contribution in [3.63, 3.8) is 0 Å². The molecule has 1 atom stereocenters. The van der Waals surface area contributed by atoms with Gasteiger partial charge in [0.15, 0.2) is 0 Å². The first kappa shape index (κ1) is 13.1. The fraction of sp³-hybridized carbons (Fsp3) is 0.538. The van der Waals surface area contributed by atoms with E-state index in [2.05, 4.69) is 13.8 Å². The van der Waals surface area contributed by atoms with Gasteiger partial charge in [0.1, 0.15) is 11.6 Å². The van der Waals surface area contributed by atoms with Crippen molar-refractivity contribution < 1.29 is 8.78 Å². The first-order valence-corrected chi connectivity index (χ1v) is 5.79. The van der Waals surface area contributed by atoms with Gasteiger partial charge in [0.2, 0.25) is 0 Å². The monoisotopic (exact) mass is 227 g/mol. The van der Waals surface area contributed by atoms with Gasteiger partial charge in [-0.25, -0.2) is 8.78 Å². The summed E-state index contributed by atoms with van der Waals surface area (Å²) in [6.07, 6.45) is 1.91. The topological polar surface area (TPSA) is 26.0 Å². The number of benzene rings is 1. The summed E-state index contributed by atoms with van der Waals surface area (Å²) in [6.45, 7) is 4.53. The summed E-state index contributed by atoms with van der Waals surface area (Å²) >= 11 is 0. The minimum atomic E-state index is -0.540. The van der Waals surface area contributed by atoms with Crippen LogP contribution in [-0.2, 0) is 0 Å². The van der Waals surface area contributed by atoms with Gasteiger partial charge in [-0.15, -0.1) is 0 Å². The fourth-order valence-corrected chi connectivity index (χ4v) is 2.23. The second kappa shape index (κ2) is 5.94. The summed E-state index contributed by atoms with van der Waals surface area (Å²) in [5.41, 5.74) is 6.24. The van der Waals surface area contributed by atoms with Crippen LogP contribution >= 0.6 is 0 Å². The minimum Gasteiger partial charge on any atom is -0.330 e. The second-order valence-electron chi connectivity index (χ2n) is 4.08. The average Bonchev–Trinajstić information content (AvgIpc) is 2.27. The highest BCUT2D eigenvalue weighted by Gasteiger charge is 2.22. The molecule has 1 unspecified atom stereocenters. The molecule has 0 saturated heterocycles. The summed E-state index contributed by atoms with van der Waals surface area (Å²) in [7, 11) is 0. The van der Waals surface area contributed by atoms with Crippen molar-refractivity contribution in [3.8, 4) is 0 Å². The predicted octanol–water partition coefficient (Wildman–Crippen LogP) is 3.44. The molecule has 0 spiro atoms. The smallest absolute Gasteiger partial charge is 0.129 e. The Morgan fingerprint density at radius 1 is 1.19 bits per heavy atom. The Morgan fingerprint density at radius 3 is 2.25 bits per heavy atom. The van der Waals surface area contributed by atoms with Gasteiger partial charge in [0, 0.05) is 12.0 Å². The molecule has 0 radical (unpaired) electrons. The highest BCUT2D eigenvalue weighted by Crippen LogP contribution is 2.30. The molecule has 0 heterocycles. The van der Waals surface area contributed by atoms with Gasteiger partial charge in [0.05, 0.1) is 0 Å². The fourth-order valence-electron chi connectivity index (χ4n) is 2.23. The van der Waals surface area contributed by atoms with Crippen molar-refractivity contribution in [2.75, 3.05) is 6.54 Å². The lowest BCUT2D eigenvalue weighted by Gasteiger charge is -2.24. The van der Waals surface area contributed by atoms with Gasteiger partial charge in [0.25, 0.3) is 0 Å². The Balaban J connectivity index is 3.03. The van der Waals surface area contributed by atoms with Crippen molar-refractivity contribution in [2.45, 2.75) is 32.6 Å². The van der Waals surface area contributed by atoms with E-state index in [0.29, 0.717) is 18.0 Å². The molecule has 16 heavy (non-hydrogen) atoms. The van der Waals surface area contributed by atoms with Gasteiger partial charge in [-0.05, 0) is 24.1 Å². The molecule has 0 aliphatic rings. The molecule has 1 aromatic carbocycles. The maximum absolute atomic E-state index is 13.6. The lowest BCUT2D eigenvalue weighted by molar-refractivity contribution is 0.390. The van der Waals surface area contributed by atoms with E-state index < -0.39 is 11.6 Å². The molecule has 1 rings (SSSR count). The van der Waals surface area contributed by atoms with Crippen LogP contribution in [0.15, 0.2) is 18.2 Å². The van der Waals surface area contributed by atoms with Crippen molar-refractivity contribution in [1.29, 1.82) is 0 Å². The van der Waals surface area contributed by atoms with Crippen LogP contribution in [0.3, 0.4) is 0 Å². The molecule has 0 bridgehead atoms. The predicted molar refractivity (Wildman–Crippen MR) is 62.2 cm³/mol. The quantitative estimate of drug-likeness (QED) is 0.819. The minimum absolute atomic E-state index is 0.0180. The maximum Gasteiger partial charge on any atom is 0.129 e. The van der Waals surface area contributed by atoms with Gasteiger partial charge < -0.3 is 5.73 Å². The summed E-state index contributed by atoms with van der Waals surface area (Å²) in [5.74, 6) is -0.690. The summed E-state index contributed by atoms with van der Waals surface area (Å²) in [5, 5.41) is 0. The second-order valence-corrected chi connectivity index (χ2v) is 4.08. The molecular formula is C13H19F2N. The number of rotatable bonds is 5. The van der Waals surface area contributed by atoms with Gasteiger partial charge in [-0.3, -0.25) is 0 Å². The van der Waals surface area contributed by atoms with Crippen molar-refractivity contribution >= 4 is 0 Å². The molecule has 0 saturated carbocycles. The first-order chi connectivity index (χ1) is 7.63. The van der Waals surface area contributed by atoms with E-state index in [1.807, 2.05) is 0 Å². The Morgan fingerprint density at radius 2 is 1.81 bits per heavy atom. The summed E-state index contributed by atoms with van der Waals surface area (Å²) in [4.78, 5) is 0. The third kappa shape index (κ3) is 2.79. The molecule has 1 aromatic rings. The number of hydrogen-bond acceptors (Lipinski definition) is 1. The number of nitrogens with two attached hydrogens (primary N) is 1. The summed E-state index contributed by atoms with van der Waals surface area (Å²) in [6, 6.07) is 3.74. The average molecular weight is 227 g/mol. The Bertz CT molecular complexity index is 335. The van der Waals surface area contributed by atoms with E-state index in [4.69, 9.17) is 5.73 Å². The zero-order valence-electron chi connectivity index (χ0n) is 9.84. The van der Waals surface area contributed by atoms with Crippen LogP contribution in [0.2, 0.25) is 0 Å². The van der Waals surface area contributed by atoms with E-state index in [9.17, 15) is 8.78 Å². The van der Waals surface area contributed by atoms with Crippen LogP contribution in [0.1, 0.15) is 38.2 Å². The molecule has 1 nitrogen and oxygen atoms in total. The Kier molecular flexibility index (Phi) is 4.87. The molecule has 3 heteroatoms. The van der Waals surface area contributed by atoms with E-state index in [1.54, 1.807) is 0 Å². The van der Waals surface area contributed by atoms with Crippen LogP contribution in [0.25, 0.3) is 0 Å². The third-order valence-electron chi connectivity index (χ3n) is 3.23. The molecule has 2 N–H and O–H groups in total. The van der Waals surface area contributed by atoms with Crippen molar-refractivity contribution in [3.05, 3.63) is 35.4 Å². The molecule has 0 amide bonds. The first-order valence-electron chi connectivity index (χ1n) is 5.79. The Hall–Kier alpha value is -0.960. The molecule has 0 fully saturated rings. The van der Waals surface area contributed by atoms with E-state index in [1.165, 1.54) is 12.1 Å². The van der Waals surface area contributed by atoms with Crippen LogP contribution in [0, 0.1) is 17.6 Å². The van der Waals surface area contributed by atoms with Crippen LogP contribution in [0.4, 0.5) is 8.78 Å². The standard InChI is InChI=1S/C13H19F2N/c1-3-9(4-2)12(8-16)11-6-5-10(14)7-13(11)15/h5-7,9,12H,3-4,8,16H2,1-2H3. The summed E-state index contributed by atoms with van der Waals surface area (Å²) < 4.78 is 26.4. The highest BCUT2D eigenvalue weighted by molar-refractivity contribution is 5.23. The van der Waals surface area contributed by atoms with Crippen LogP contribution in [0.5, 0.6) is 0 Å². The van der Waals surface area contributed by atoms with Crippen molar-refractivity contribution in [1.82, 2.24) is 0 Å². The van der Waals surface area contributed by atoms with Crippen LogP contribution in [-0.4, -0.2) is 6.54 Å². The molecule has 0 aliphatic carbocycles. The Labute approximate surface area is 95.7 Å². The van der Waals surface area contributed by atoms with Crippen LogP contribution < -0.4 is 5.73 Å². The number of halogens is 2. The van der Waals surface area contributed by atoms with E-state index in [0.717, 1.165) is 18.9 Å². The van der Waals surface area contributed by atoms with Crippen molar-refractivity contribution in [2.24, 2.45) is 11.7 Å². The van der Waals surface area contributed by atoms with Gasteiger partial charge in [-0.2, -0.15) is 0 Å². The van der Waals surface area contributed by atoms with Gasteiger partial charge >= 0.3 is 0 Å². The zero-order valence-corrected chi connectivity index (χ0v) is 9.84. The molecule has 0 aromatic heterocycles. The van der Waals surface area contributed by atoms with Gasteiger partial charge in [-0.1, -0.05) is 32.8 Å². The lowest BCUT2D eigenvalue weighted by Crippen LogP contribution is -2.22. The molecular weight excluding hydrogens is 208 g/mol. The van der Waals surface area contributed by atoms with E-state index in [-0.39, 0.29) is 5.92 Å². The highest BCUT2D eigenvalue weighted by atomic mass is 19.1. The zero-order chi connectivity index (χ0) is 12.1. The molecule has 0 aliphatic heterocycles.